The summed E-state index contributed by atoms with van der Waals surface area (Å²) in [5, 5.41) is 4.97. The van der Waals surface area contributed by atoms with Crippen LogP contribution in [0.1, 0.15) is 5.56 Å². The van der Waals surface area contributed by atoms with E-state index in [0.717, 1.165) is 11.1 Å². The molecule has 0 aliphatic carbocycles. The summed E-state index contributed by atoms with van der Waals surface area (Å²) < 4.78 is 12.4. The van der Waals surface area contributed by atoms with Crippen LogP contribution in [0.3, 0.4) is 0 Å². The van der Waals surface area contributed by atoms with E-state index in [9.17, 15) is 4.79 Å². The van der Waals surface area contributed by atoms with Crippen molar-refractivity contribution in [2.45, 2.75) is 0 Å². The zero-order chi connectivity index (χ0) is 19.0. The fourth-order valence-electron chi connectivity index (χ4n) is 2.65. The van der Waals surface area contributed by atoms with Gasteiger partial charge in [0, 0.05) is 10.6 Å². The van der Waals surface area contributed by atoms with E-state index < -0.39 is 0 Å². The molecule has 4 rings (SSSR count). The van der Waals surface area contributed by atoms with Crippen molar-refractivity contribution in [3.05, 3.63) is 67.9 Å². The van der Waals surface area contributed by atoms with Crippen molar-refractivity contribution in [1.29, 1.82) is 0 Å². The van der Waals surface area contributed by atoms with Crippen molar-refractivity contribution in [2.75, 3.05) is 14.2 Å². The predicted octanol–water partition coefficient (Wildman–Crippen LogP) is 3.04. The van der Waals surface area contributed by atoms with Crippen molar-refractivity contribution in [1.82, 2.24) is 14.6 Å². The second-order valence-corrected chi connectivity index (χ2v) is 7.11. The van der Waals surface area contributed by atoms with E-state index in [1.807, 2.05) is 24.3 Å². The highest BCUT2D eigenvalue weighted by Crippen LogP contribution is 2.27. The number of methoxy groups -OCH3 is 2. The Kier molecular flexibility index (Phi) is 4.55. The highest BCUT2D eigenvalue weighted by molar-refractivity contribution is 7.15. The Morgan fingerprint density at radius 3 is 2.48 bits per heavy atom. The Hall–Kier alpha value is -2.90. The first-order valence-corrected chi connectivity index (χ1v) is 9.18. The van der Waals surface area contributed by atoms with Crippen LogP contribution in [0.25, 0.3) is 22.4 Å². The van der Waals surface area contributed by atoms with Crippen LogP contribution >= 0.6 is 22.9 Å². The van der Waals surface area contributed by atoms with Gasteiger partial charge in [-0.05, 0) is 48.0 Å². The molecular formula is C19H14ClN3O3S. The molecule has 0 spiro atoms. The van der Waals surface area contributed by atoms with E-state index in [2.05, 4.69) is 10.1 Å². The summed E-state index contributed by atoms with van der Waals surface area (Å²) in [6, 6.07) is 12.6. The lowest BCUT2D eigenvalue weighted by molar-refractivity contribution is 0.355. The average molecular weight is 400 g/mol. The number of hydrogen-bond donors (Lipinski definition) is 0. The van der Waals surface area contributed by atoms with Gasteiger partial charge in [-0.15, -0.1) is 5.10 Å². The summed E-state index contributed by atoms with van der Waals surface area (Å²) >= 11 is 7.19. The van der Waals surface area contributed by atoms with E-state index in [1.54, 1.807) is 38.5 Å². The lowest BCUT2D eigenvalue weighted by Crippen LogP contribution is -2.23. The molecule has 0 unspecified atom stereocenters. The Bertz CT molecular complexity index is 1230. The topological polar surface area (TPSA) is 65.7 Å². The summed E-state index contributed by atoms with van der Waals surface area (Å²) in [6.07, 6.45) is 1.79. The van der Waals surface area contributed by atoms with Crippen LogP contribution in [0.5, 0.6) is 11.5 Å². The Morgan fingerprint density at radius 1 is 1.07 bits per heavy atom. The van der Waals surface area contributed by atoms with Crippen molar-refractivity contribution < 1.29 is 9.47 Å². The minimum Gasteiger partial charge on any atom is -0.493 e. The standard InChI is InChI=1S/C19H14ClN3O3S/c1-25-14-8-3-11(9-15(14)26-2)10-16-18(24)23-19(27-16)21-17(22-23)12-4-6-13(20)7-5-12/h3-10H,1-2H3/b16-10-. The van der Waals surface area contributed by atoms with Gasteiger partial charge in [0.2, 0.25) is 4.96 Å². The number of nitrogens with zero attached hydrogens (tertiary/aromatic N) is 3. The van der Waals surface area contributed by atoms with E-state index >= 15 is 0 Å². The van der Waals surface area contributed by atoms with Crippen molar-refractivity contribution in [2.24, 2.45) is 0 Å². The lowest BCUT2D eigenvalue weighted by Gasteiger charge is -2.07. The molecule has 0 aliphatic heterocycles. The number of benzene rings is 2. The van der Waals surface area contributed by atoms with Crippen LogP contribution in [-0.2, 0) is 0 Å². The summed E-state index contributed by atoms with van der Waals surface area (Å²) in [4.78, 5) is 17.7. The molecule has 0 saturated heterocycles. The number of rotatable bonds is 4. The summed E-state index contributed by atoms with van der Waals surface area (Å²) in [7, 11) is 3.15. The molecule has 0 bridgehead atoms. The van der Waals surface area contributed by atoms with Crippen LogP contribution in [0.4, 0.5) is 0 Å². The molecule has 27 heavy (non-hydrogen) atoms. The Balaban J connectivity index is 1.76. The molecule has 2 aromatic carbocycles. The van der Waals surface area contributed by atoms with E-state index in [0.29, 0.717) is 31.8 Å². The van der Waals surface area contributed by atoms with Crippen molar-refractivity contribution in [3.63, 3.8) is 0 Å². The third-order valence-corrected chi connectivity index (χ3v) is 5.20. The van der Waals surface area contributed by atoms with Crippen LogP contribution < -0.4 is 19.6 Å². The normalized spacial score (nSPS) is 11.9. The van der Waals surface area contributed by atoms with Crippen LogP contribution in [0.2, 0.25) is 5.02 Å². The van der Waals surface area contributed by atoms with E-state index in [1.165, 1.54) is 15.9 Å². The number of hydrogen-bond acceptors (Lipinski definition) is 6. The van der Waals surface area contributed by atoms with Gasteiger partial charge < -0.3 is 9.47 Å². The largest absolute Gasteiger partial charge is 0.493 e. The molecule has 0 aliphatic rings. The Morgan fingerprint density at radius 2 is 1.81 bits per heavy atom. The number of aromatic nitrogens is 3. The van der Waals surface area contributed by atoms with Gasteiger partial charge in [-0.25, -0.2) is 0 Å². The molecular weight excluding hydrogens is 386 g/mol. The molecule has 136 valence electrons. The van der Waals surface area contributed by atoms with Crippen molar-refractivity contribution >= 4 is 34.0 Å². The zero-order valence-electron chi connectivity index (χ0n) is 14.5. The van der Waals surface area contributed by atoms with Crippen LogP contribution in [-0.4, -0.2) is 28.8 Å². The molecule has 0 N–H and O–H groups in total. The van der Waals surface area contributed by atoms with Gasteiger partial charge in [0.05, 0.1) is 18.8 Å². The monoisotopic (exact) mass is 399 g/mol. The maximum absolute atomic E-state index is 12.7. The molecule has 8 heteroatoms. The van der Waals surface area contributed by atoms with Gasteiger partial charge in [0.25, 0.3) is 5.56 Å². The molecule has 2 heterocycles. The van der Waals surface area contributed by atoms with Gasteiger partial charge in [0.15, 0.2) is 17.3 Å². The van der Waals surface area contributed by atoms with E-state index in [-0.39, 0.29) is 5.56 Å². The SMILES string of the molecule is COc1ccc(/C=c2\sc3nc(-c4ccc(Cl)cc4)nn3c2=O)cc1OC. The predicted molar refractivity (Wildman–Crippen MR) is 106 cm³/mol. The Labute approximate surface area is 163 Å². The maximum atomic E-state index is 12.7. The smallest absolute Gasteiger partial charge is 0.291 e. The molecule has 6 nitrogen and oxygen atoms in total. The summed E-state index contributed by atoms with van der Waals surface area (Å²) in [5.74, 6) is 1.73. The highest BCUT2D eigenvalue weighted by Gasteiger charge is 2.12. The minimum absolute atomic E-state index is 0.211. The highest BCUT2D eigenvalue weighted by atomic mass is 35.5. The minimum atomic E-state index is -0.211. The van der Waals surface area contributed by atoms with Crippen LogP contribution in [0.15, 0.2) is 47.3 Å². The van der Waals surface area contributed by atoms with Gasteiger partial charge in [0.1, 0.15) is 0 Å². The summed E-state index contributed by atoms with van der Waals surface area (Å²) in [5.41, 5.74) is 1.42. The van der Waals surface area contributed by atoms with Crippen LogP contribution in [0, 0.1) is 0 Å². The molecule has 0 amide bonds. The molecule has 0 atom stereocenters. The first-order valence-electron chi connectivity index (χ1n) is 7.98. The molecule has 4 aromatic rings. The molecule has 0 fully saturated rings. The lowest BCUT2D eigenvalue weighted by atomic mass is 10.2. The third-order valence-electron chi connectivity index (χ3n) is 3.99. The number of thiazole rings is 1. The second-order valence-electron chi connectivity index (χ2n) is 5.67. The number of ether oxygens (including phenoxy) is 2. The second kappa shape index (κ2) is 7.02. The first kappa shape index (κ1) is 17.5. The fourth-order valence-corrected chi connectivity index (χ4v) is 3.68. The molecule has 0 saturated carbocycles. The van der Waals surface area contributed by atoms with Gasteiger partial charge in [-0.1, -0.05) is 29.0 Å². The average Bonchev–Trinajstić information content (AvgIpc) is 3.22. The molecule has 2 aromatic heterocycles. The summed E-state index contributed by atoms with van der Waals surface area (Å²) in [6.45, 7) is 0. The van der Waals surface area contributed by atoms with Gasteiger partial charge in [-0.2, -0.15) is 9.50 Å². The third kappa shape index (κ3) is 3.27. The maximum Gasteiger partial charge on any atom is 0.291 e. The fraction of sp³-hybridized carbons (Fsp3) is 0.105. The first-order chi connectivity index (χ1) is 13.1. The quantitative estimate of drug-likeness (QED) is 0.527. The zero-order valence-corrected chi connectivity index (χ0v) is 16.0. The van der Waals surface area contributed by atoms with Crippen molar-refractivity contribution in [3.8, 4) is 22.9 Å². The molecule has 0 radical (unpaired) electrons. The van der Waals surface area contributed by atoms with Gasteiger partial charge >= 0.3 is 0 Å². The van der Waals surface area contributed by atoms with Gasteiger partial charge in [-0.3, -0.25) is 4.79 Å². The van der Waals surface area contributed by atoms with E-state index in [4.69, 9.17) is 21.1 Å². The number of halogens is 1. The number of fused-ring (bicyclic) bond motifs is 1.